The van der Waals surface area contributed by atoms with Gasteiger partial charge in [-0.15, -0.1) is 0 Å². The molecule has 2 saturated heterocycles. The average Bonchev–Trinajstić information content (AvgIpc) is 2.78. The third-order valence-corrected chi connectivity index (χ3v) is 3.64. The molecule has 14 heavy (non-hydrogen) atoms. The van der Waals surface area contributed by atoms with E-state index in [0.29, 0.717) is 24.3 Å². The molecule has 3 atom stereocenters. The third-order valence-electron chi connectivity index (χ3n) is 3.64. The fourth-order valence-corrected chi connectivity index (χ4v) is 2.68. The predicted molar refractivity (Wildman–Crippen MR) is 57.1 cm³/mol. The van der Waals surface area contributed by atoms with Crippen LogP contribution in [0.3, 0.4) is 0 Å². The molecule has 2 rings (SSSR count). The van der Waals surface area contributed by atoms with Crippen molar-refractivity contribution >= 4 is 5.78 Å². The number of allylic oxidation sites excluding steroid dienone is 1. The van der Waals surface area contributed by atoms with Crippen molar-refractivity contribution in [3.8, 4) is 0 Å². The van der Waals surface area contributed by atoms with Gasteiger partial charge in [0.15, 0.2) is 0 Å². The fraction of sp³-hybridized carbons (Fsp3) is 0.750. The van der Waals surface area contributed by atoms with Crippen LogP contribution >= 0.6 is 0 Å². The maximum absolute atomic E-state index is 11.9. The first-order chi connectivity index (χ1) is 6.70. The van der Waals surface area contributed by atoms with Crippen LogP contribution in [0.5, 0.6) is 0 Å². The Balaban J connectivity index is 1.90. The topological polar surface area (TPSA) is 29.1 Å². The standard InChI is InChI=1S/C12H19NO/c1-3-8(2)6-12(14)10-7-9-4-5-11(10)13-9/h9-11,13H,2-7H2,1H3. The van der Waals surface area contributed by atoms with Gasteiger partial charge in [-0.1, -0.05) is 19.1 Å². The van der Waals surface area contributed by atoms with Gasteiger partial charge in [0.25, 0.3) is 0 Å². The summed E-state index contributed by atoms with van der Waals surface area (Å²) < 4.78 is 0. The molecule has 0 amide bonds. The Labute approximate surface area is 85.8 Å². The molecule has 2 bridgehead atoms. The Morgan fingerprint density at radius 2 is 2.29 bits per heavy atom. The number of carbonyl (C=O) groups is 1. The molecule has 2 aliphatic rings. The molecule has 3 unspecified atom stereocenters. The summed E-state index contributed by atoms with van der Waals surface area (Å²) in [5, 5.41) is 3.50. The van der Waals surface area contributed by atoms with Gasteiger partial charge in [0, 0.05) is 24.4 Å². The minimum atomic E-state index is 0.289. The van der Waals surface area contributed by atoms with Gasteiger partial charge in [0.2, 0.25) is 0 Å². The summed E-state index contributed by atoms with van der Waals surface area (Å²) in [7, 11) is 0. The van der Waals surface area contributed by atoms with E-state index in [4.69, 9.17) is 0 Å². The summed E-state index contributed by atoms with van der Waals surface area (Å²) >= 11 is 0. The number of fused-ring (bicyclic) bond motifs is 2. The van der Waals surface area contributed by atoms with Crippen molar-refractivity contribution < 1.29 is 4.79 Å². The van der Waals surface area contributed by atoms with Crippen LogP contribution in [0.25, 0.3) is 0 Å². The molecular formula is C12H19NO. The molecule has 2 fully saturated rings. The Bertz CT molecular complexity index is 259. The number of rotatable bonds is 4. The monoisotopic (exact) mass is 193 g/mol. The van der Waals surface area contributed by atoms with Crippen LogP contribution in [-0.4, -0.2) is 17.9 Å². The molecule has 0 aromatic carbocycles. The van der Waals surface area contributed by atoms with Gasteiger partial charge in [-0.25, -0.2) is 0 Å². The zero-order chi connectivity index (χ0) is 10.1. The molecule has 2 aliphatic heterocycles. The van der Waals surface area contributed by atoms with E-state index in [1.807, 2.05) is 0 Å². The zero-order valence-electron chi connectivity index (χ0n) is 8.88. The van der Waals surface area contributed by atoms with Crippen molar-refractivity contribution in [2.24, 2.45) is 5.92 Å². The molecule has 0 saturated carbocycles. The fourth-order valence-electron chi connectivity index (χ4n) is 2.68. The molecule has 1 N–H and O–H groups in total. The van der Waals surface area contributed by atoms with E-state index in [9.17, 15) is 4.79 Å². The molecular weight excluding hydrogens is 174 g/mol. The van der Waals surface area contributed by atoms with Crippen LogP contribution in [0.15, 0.2) is 12.2 Å². The van der Waals surface area contributed by atoms with E-state index in [1.54, 1.807) is 0 Å². The molecule has 0 aromatic heterocycles. The quantitative estimate of drug-likeness (QED) is 0.692. The number of Topliss-reactive ketones (excluding diaryl/α,β-unsaturated/α-hetero) is 1. The summed E-state index contributed by atoms with van der Waals surface area (Å²) in [5.41, 5.74) is 1.08. The maximum atomic E-state index is 11.9. The summed E-state index contributed by atoms with van der Waals surface area (Å²) in [5.74, 6) is 0.702. The van der Waals surface area contributed by atoms with Crippen LogP contribution in [0, 0.1) is 5.92 Å². The number of carbonyl (C=O) groups excluding carboxylic acids is 1. The summed E-state index contributed by atoms with van der Waals surface area (Å²) in [6.45, 7) is 5.97. The van der Waals surface area contributed by atoms with Crippen molar-refractivity contribution in [1.82, 2.24) is 5.32 Å². The maximum Gasteiger partial charge on any atom is 0.141 e. The Hall–Kier alpha value is -0.630. The van der Waals surface area contributed by atoms with Crippen molar-refractivity contribution in [2.75, 3.05) is 0 Å². The molecule has 78 valence electrons. The number of ketones is 1. The predicted octanol–water partition coefficient (Wildman–Crippen LogP) is 2.05. The summed E-state index contributed by atoms with van der Waals surface area (Å²) in [6, 6.07) is 1.11. The van der Waals surface area contributed by atoms with Gasteiger partial charge in [-0.2, -0.15) is 0 Å². The van der Waals surface area contributed by atoms with Gasteiger partial charge in [0.1, 0.15) is 5.78 Å². The van der Waals surface area contributed by atoms with E-state index in [0.717, 1.165) is 18.4 Å². The van der Waals surface area contributed by atoms with E-state index >= 15 is 0 Å². The minimum Gasteiger partial charge on any atom is -0.310 e. The normalized spacial score (nSPS) is 34.8. The highest BCUT2D eigenvalue weighted by atomic mass is 16.1. The molecule has 2 heteroatoms. The van der Waals surface area contributed by atoms with Crippen LogP contribution in [-0.2, 0) is 4.79 Å². The van der Waals surface area contributed by atoms with E-state index in [1.165, 1.54) is 12.8 Å². The molecule has 0 radical (unpaired) electrons. The minimum absolute atomic E-state index is 0.289. The number of hydrogen-bond acceptors (Lipinski definition) is 2. The lowest BCUT2D eigenvalue weighted by atomic mass is 9.84. The first-order valence-corrected chi connectivity index (χ1v) is 5.66. The van der Waals surface area contributed by atoms with Crippen LogP contribution in [0.2, 0.25) is 0 Å². The van der Waals surface area contributed by atoms with Crippen molar-refractivity contribution in [3.63, 3.8) is 0 Å². The highest BCUT2D eigenvalue weighted by molar-refractivity contribution is 5.84. The average molecular weight is 193 g/mol. The molecule has 2 heterocycles. The third kappa shape index (κ3) is 1.76. The smallest absolute Gasteiger partial charge is 0.141 e. The van der Waals surface area contributed by atoms with Crippen molar-refractivity contribution in [1.29, 1.82) is 0 Å². The summed E-state index contributed by atoms with van der Waals surface area (Å²) in [4.78, 5) is 11.9. The van der Waals surface area contributed by atoms with E-state index in [-0.39, 0.29) is 5.92 Å². The number of hydrogen-bond donors (Lipinski definition) is 1. The second-order valence-corrected chi connectivity index (χ2v) is 4.64. The van der Waals surface area contributed by atoms with Gasteiger partial charge in [0.05, 0.1) is 0 Å². The van der Waals surface area contributed by atoms with E-state index < -0.39 is 0 Å². The van der Waals surface area contributed by atoms with Crippen molar-refractivity contribution in [2.45, 2.75) is 51.1 Å². The highest BCUT2D eigenvalue weighted by Crippen LogP contribution is 2.34. The van der Waals surface area contributed by atoms with Crippen LogP contribution in [0.4, 0.5) is 0 Å². The SMILES string of the molecule is C=C(CC)CC(=O)C1CC2CCC1N2. The van der Waals surface area contributed by atoms with E-state index in [2.05, 4.69) is 18.8 Å². The molecule has 0 aliphatic carbocycles. The molecule has 0 spiro atoms. The lowest BCUT2D eigenvalue weighted by molar-refractivity contribution is -0.122. The van der Waals surface area contributed by atoms with Crippen LogP contribution < -0.4 is 5.32 Å². The van der Waals surface area contributed by atoms with Gasteiger partial charge in [-0.05, 0) is 25.7 Å². The number of nitrogens with one attached hydrogen (secondary N) is 1. The summed E-state index contributed by atoms with van der Waals surface area (Å²) in [6.07, 6.45) is 5.06. The Morgan fingerprint density at radius 3 is 2.79 bits per heavy atom. The van der Waals surface area contributed by atoms with Crippen LogP contribution in [0.1, 0.15) is 39.0 Å². The lowest BCUT2D eigenvalue weighted by Crippen LogP contribution is -2.28. The largest absolute Gasteiger partial charge is 0.310 e. The van der Waals surface area contributed by atoms with Gasteiger partial charge >= 0.3 is 0 Å². The zero-order valence-corrected chi connectivity index (χ0v) is 8.88. The second-order valence-electron chi connectivity index (χ2n) is 4.64. The first-order valence-electron chi connectivity index (χ1n) is 5.66. The Kier molecular flexibility index (Phi) is 2.73. The molecule has 0 aromatic rings. The highest BCUT2D eigenvalue weighted by Gasteiger charge is 2.42. The lowest BCUT2D eigenvalue weighted by Gasteiger charge is -2.18. The Morgan fingerprint density at radius 1 is 1.50 bits per heavy atom. The second kappa shape index (κ2) is 3.85. The molecule has 2 nitrogen and oxygen atoms in total. The van der Waals surface area contributed by atoms with Crippen molar-refractivity contribution in [3.05, 3.63) is 12.2 Å². The first kappa shape index (κ1) is 9.91. The van der Waals surface area contributed by atoms with Gasteiger partial charge in [-0.3, -0.25) is 4.79 Å². The van der Waals surface area contributed by atoms with Gasteiger partial charge < -0.3 is 5.32 Å².